The van der Waals surface area contributed by atoms with Gasteiger partial charge in [0.1, 0.15) is 17.5 Å². The number of Topliss-reactive ketones (excluding diaryl/α,β-unsaturated/α-hetero) is 3. The zero-order valence-electron chi connectivity index (χ0n) is 50.0. The Labute approximate surface area is 560 Å². The lowest BCUT2D eigenvalue weighted by molar-refractivity contribution is -0.121. The number of hydrogen-bond acceptors (Lipinski definition) is 9. The number of rotatable bonds is 33. The van der Waals surface area contributed by atoms with E-state index in [0.29, 0.717) is 118 Å². The van der Waals surface area contributed by atoms with Gasteiger partial charge in [0, 0.05) is 55.6 Å². The van der Waals surface area contributed by atoms with Crippen LogP contribution in [0.25, 0.3) is 11.1 Å². The normalized spacial score (nSPS) is 11.9. The van der Waals surface area contributed by atoms with Crippen molar-refractivity contribution in [1.29, 1.82) is 0 Å². The molecular weight excluding hydrogens is 1220 g/mol. The van der Waals surface area contributed by atoms with Gasteiger partial charge in [-0.2, -0.15) is 0 Å². The summed E-state index contributed by atoms with van der Waals surface area (Å²) in [5.74, 6) is 0.889. The van der Waals surface area contributed by atoms with Gasteiger partial charge in [-0.05, 0) is 116 Å². The Morgan fingerprint density at radius 2 is 0.620 bits per heavy atom. The maximum absolute atomic E-state index is 13.0. The Morgan fingerprint density at radius 3 is 0.946 bits per heavy atom. The third kappa shape index (κ3) is 30.8. The summed E-state index contributed by atoms with van der Waals surface area (Å²) in [6.45, 7) is 1.40. The number of nitrogens with two attached hydrogens (primary N) is 3. The van der Waals surface area contributed by atoms with E-state index in [0.717, 1.165) is 27.8 Å². The molecule has 92 heavy (non-hydrogen) atoms. The maximum Gasteiger partial charge on any atom is 0.251 e. The second kappa shape index (κ2) is 46.3. The summed E-state index contributed by atoms with van der Waals surface area (Å²) in [6, 6.07) is 62.6. The standard InChI is InChI=1S/C28H30ClN3O2.C22H26ClN3O2.C21H24ClN3O2.3CH4/c29-20-27(30)31-19-7-12-25(26(33)18-13-21-8-3-1-4-9-21)32-28(34)24-16-14-23(15-17-24)22-10-5-2-6-11-22;23-16-21(24)25-15-7-12-19(26-22(28)18-10-5-2-6-11-18)20(27)14-13-17-8-3-1-4-9-17;22-15-20(23)24-13-7-12-18(19(26)14-16-8-3-1-4-9-16)25-21(27)17-10-5-2-6-11-17;;;/h1-6,8-11,14-17,25H,7,12-13,18-20H2,(H2,30,31)(H,32,34);1-6,8-11,19H,7,12-16H2,(H2,24,25)(H,26,28);1-6,8-11,18H,7,12-15H2,(H2,23,24)(H,25,27);3*1H4/t25-;19-;18-;;;/m000.../s1. The van der Waals surface area contributed by atoms with Gasteiger partial charge in [0.2, 0.25) is 0 Å². The smallest absolute Gasteiger partial charge is 0.251 e. The molecule has 0 saturated heterocycles. The van der Waals surface area contributed by atoms with Crippen LogP contribution in [0.5, 0.6) is 0 Å². The van der Waals surface area contributed by atoms with E-state index in [2.05, 4.69) is 30.9 Å². The fourth-order valence-corrected chi connectivity index (χ4v) is 9.32. The molecule has 0 aliphatic carbocycles. The van der Waals surface area contributed by atoms with Crippen molar-refractivity contribution < 1.29 is 28.8 Å². The molecule has 490 valence electrons. The minimum atomic E-state index is -0.586. The number of carbonyl (C=O) groups excluding carboxylic acids is 6. The van der Waals surface area contributed by atoms with Crippen molar-refractivity contribution in [1.82, 2.24) is 16.0 Å². The summed E-state index contributed by atoms with van der Waals surface area (Å²) in [4.78, 5) is 88.9. The fourth-order valence-electron chi connectivity index (χ4n) is 9.06. The molecule has 7 aromatic carbocycles. The Kier molecular flexibility index (Phi) is 40.0. The van der Waals surface area contributed by atoms with Gasteiger partial charge in [-0.3, -0.25) is 43.7 Å². The van der Waals surface area contributed by atoms with Gasteiger partial charge in [-0.25, -0.2) is 0 Å². The van der Waals surface area contributed by atoms with E-state index >= 15 is 0 Å². The first-order valence-corrected chi connectivity index (χ1v) is 31.3. The third-order valence-corrected chi connectivity index (χ3v) is 14.8. The van der Waals surface area contributed by atoms with Crippen molar-refractivity contribution in [3.8, 4) is 11.1 Å². The van der Waals surface area contributed by atoms with E-state index in [1.54, 1.807) is 60.7 Å². The van der Waals surface area contributed by atoms with Gasteiger partial charge in [0.15, 0.2) is 17.3 Å². The number of aryl methyl sites for hydroxylation is 2. The number of ketones is 3. The minimum Gasteiger partial charge on any atom is -0.386 e. The molecule has 7 rings (SSSR count). The summed E-state index contributed by atoms with van der Waals surface area (Å²) in [6.07, 6.45) is 5.64. The van der Waals surface area contributed by atoms with E-state index in [1.807, 2.05) is 146 Å². The molecule has 0 unspecified atom stereocenters. The average Bonchev–Trinajstić information content (AvgIpc) is 1.46. The molecule has 3 atom stereocenters. The van der Waals surface area contributed by atoms with E-state index in [4.69, 9.17) is 52.0 Å². The fraction of sp³-hybridized carbons (Fsp3) is 0.311. The number of amides is 3. The maximum atomic E-state index is 13.0. The lowest BCUT2D eigenvalue weighted by Gasteiger charge is -2.18. The highest BCUT2D eigenvalue weighted by Gasteiger charge is 2.24. The summed E-state index contributed by atoms with van der Waals surface area (Å²) >= 11 is 16.9. The zero-order chi connectivity index (χ0) is 63.9. The van der Waals surface area contributed by atoms with Crippen molar-refractivity contribution >= 4 is 87.4 Å². The molecule has 0 aromatic heterocycles. The predicted octanol–water partition coefficient (Wildman–Crippen LogP) is 13.3. The molecule has 0 fully saturated rings. The molecule has 0 heterocycles. The van der Waals surface area contributed by atoms with Crippen LogP contribution in [0.3, 0.4) is 0 Å². The van der Waals surface area contributed by atoms with Gasteiger partial charge in [0.05, 0.1) is 35.8 Å². The molecule has 15 nitrogen and oxygen atoms in total. The van der Waals surface area contributed by atoms with Crippen molar-refractivity contribution in [3.05, 3.63) is 240 Å². The van der Waals surface area contributed by atoms with Gasteiger partial charge in [-0.1, -0.05) is 192 Å². The van der Waals surface area contributed by atoms with E-state index in [1.165, 1.54) is 0 Å². The first kappa shape index (κ1) is 79.3. The van der Waals surface area contributed by atoms with Gasteiger partial charge in [0.25, 0.3) is 17.7 Å². The number of hydrogen-bond donors (Lipinski definition) is 6. The van der Waals surface area contributed by atoms with Crippen LogP contribution < -0.4 is 33.2 Å². The van der Waals surface area contributed by atoms with Crippen molar-refractivity contribution in [2.24, 2.45) is 32.2 Å². The zero-order valence-corrected chi connectivity index (χ0v) is 52.3. The highest BCUT2D eigenvalue weighted by Crippen LogP contribution is 2.20. The van der Waals surface area contributed by atoms with Crippen LogP contribution in [0, 0.1) is 0 Å². The number of halogens is 3. The molecule has 0 aliphatic heterocycles. The Morgan fingerprint density at radius 1 is 0.348 bits per heavy atom. The van der Waals surface area contributed by atoms with Crippen molar-refractivity contribution in [3.63, 3.8) is 0 Å². The molecular formula is C74H92Cl3N9O6. The number of aliphatic imine (C=N–C) groups is 3. The molecule has 0 radical (unpaired) electrons. The number of nitrogens with one attached hydrogen (secondary N) is 3. The molecule has 0 bridgehead atoms. The van der Waals surface area contributed by atoms with Crippen LogP contribution in [0.1, 0.15) is 121 Å². The first-order valence-electron chi connectivity index (χ1n) is 29.7. The van der Waals surface area contributed by atoms with Gasteiger partial charge >= 0.3 is 0 Å². The highest BCUT2D eigenvalue weighted by molar-refractivity contribution is 6.28. The molecule has 0 saturated carbocycles. The summed E-state index contributed by atoms with van der Waals surface area (Å²) in [5.41, 5.74) is 23.7. The van der Waals surface area contributed by atoms with Gasteiger partial charge in [-0.15, -0.1) is 34.8 Å². The Hall–Kier alpha value is -8.76. The number of alkyl halides is 3. The lowest BCUT2D eigenvalue weighted by atomic mass is 9.99. The van der Waals surface area contributed by atoms with E-state index in [9.17, 15) is 28.8 Å². The van der Waals surface area contributed by atoms with Crippen molar-refractivity contribution in [2.45, 2.75) is 111 Å². The largest absolute Gasteiger partial charge is 0.386 e. The van der Waals surface area contributed by atoms with Crippen LogP contribution in [0.4, 0.5) is 0 Å². The molecule has 0 aliphatic rings. The molecule has 18 heteroatoms. The Balaban J connectivity index is 0.000000466. The quantitative estimate of drug-likeness (QED) is 0.00988. The molecule has 7 aromatic rings. The molecule has 0 spiro atoms. The minimum absolute atomic E-state index is 0. The van der Waals surface area contributed by atoms with E-state index < -0.39 is 18.1 Å². The van der Waals surface area contributed by atoms with E-state index in [-0.39, 0.29) is 81.4 Å². The number of carbonyl (C=O) groups is 6. The van der Waals surface area contributed by atoms with Crippen LogP contribution in [-0.4, -0.2) is 108 Å². The SMILES string of the molecule is C.C.C.NC(CCl)=NCCC[C@H](NC(=O)c1ccc(-c2ccccc2)cc1)C(=O)CCc1ccccc1.NC(CCl)=NCCC[C@H](NC(=O)c1ccccc1)C(=O)CCc1ccccc1.NC(CCl)=NCCC[C@H](NC(=O)c1ccccc1)C(=O)Cc1ccccc1. The van der Waals surface area contributed by atoms with Crippen LogP contribution in [0.2, 0.25) is 0 Å². The highest BCUT2D eigenvalue weighted by atomic mass is 35.5. The second-order valence-corrected chi connectivity index (χ2v) is 21.5. The summed E-state index contributed by atoms with van der Waals surface area (Å²) < 4.78 is 0. The number of benzene rings is 7. The summed E-state index contributed by atoms with van der Waals surface area (Å²) in [5, 5.41) is 8.67. The monoisotopic (exact) mass is 1310 g/mol. The predicted molar refractivity (Wildman–Crippen MR) is 383 cm³/mol. The summed E-state index contributed by atoms with van der Waals surface area (Å²) in [7, 11) is 0. The third-order valence-electron chi connectivity index (χ3n) is 13.9. The molecule has 3 amide bonds. The first-order chi connectivity index (χ1) is 43.3. The van der Waals surface area contributed by atoms with Crippen LogP contribution in [-0.2, 0) is 33.6 Å². The van der Waals surface area contributed by atoms with Crippen LogP contribution in [0.15, 0.2) is 221 Å². The second-order valence-electron chi connectivity index (χ2n) is 20.7. The number of nitrogens with zero attached hydrogens (tertiary/aromatic N) is 3. The average molecular weight is 1310 g/mol. The Bertz CT molecular complexity index is 3330. The van der Waals surface area contributed by atoms with Crippen LogP contribution >= 0.6 is 34.8 Å². The lowest BCUT2D eigenvalue weighted by Crippen LogP contribution is -2.41. The molecule has 9 N–H and O–H groups in total. The van der Waals surface area contributed by atoms with Gasteiger partial charge < -0.3 is 33.2 Å². The van der Waals surface area contributed by atoms with Crippen molar-refractivity contribution in [2.75, 3.05) is 37.3 Å². The number of amidine groups is 3. The topological polar surface area (TPSA) is 254 Å².